The molecule has 158 valence electrons. The average Bonchev–Trinajstić information content (AvgIpc) is 3.30. The molecule has 0 saturated heterocycles. The zero-order valence-corrected chi connectivity index (χ0v) is 17.1. The summed E-state index contributed by atoms with van der Waals surface area (Å²) in [5.74, 6) is 0.761. The van der Waals surface area contributed by atoms with Crippen LogP contribution in [0.15, 0.2) is 65.2 Å². The van der Waals surface area contributed by atoms with Gasteiger partial charge in [-0.1, -0.05) is 41.6 Å². The molecule has 0 spiro atoms. The zero-order valence-electron chi connectivity index (χ0n) is 17.1. The number of hydrogen-bond donors (Lipinski definition) is 1. The fourth-order valence-electron chi connectivity index (χ4n) is 3.11. The topological polar surface area (TPSA) is 82.2 Å². The monoisotopic (exact) mass is 420 g/mol. The SMILES string of the molecule is Cc1onc(C(=O)Nc2cc(C)n(Cc3ccccc3F)n2)c1COc1ccccc1. The van der Waals surface area contributed by atoms with E-state index in [0.29, 0.717) is 28.5 Å². The molecular formula is C23H21FN4O3. The van der Waals surface area contributed by atoms with Crippen LogP contribution in [-0.2, 0) is 13.2 Å². The zero-order chi connectivity index (χ0) is 21.8. The number of nitrogens with one attached hydrogen (secondary N) is 1. The van der Waals surface area contributed by atoms with E-state index in [0.717, 1.165) is 5.69 Å². The Hall–Kier alpha value is -3.94. The molecule has 0 fully saturated rings. The Morgan fingerprint density at radius 3 is 2.65 bits per heavy atom. The van der Waals surface area contributed by atoms with Crippen LogP contribution >= 0.6 is 0 Å². The van der Waals surface area contributed by atoms with Crippen LogP contribution in [0.5, 0.6) is 5.75 Å². The third-order valence-corrected chi connectivity index (χ3v) is 4.83. The van der Waals surface area contributed by atoms with Gasteiger partial charge in [-0.05, 0) is 32.0 Å². The van der Waals surface area contributed by atoms with E-state index >= 15 is 0 Å². The van der Waals surface area contributed by atoms with Crippen molar-refractivity contribution in [1.82, 2.24) is 14.9 Å². The Labute approximate surface area is 178 Å². The second kappa shape index (κ2) is 8.83. The van der Waals surface area contributed by atoms with Crippen molar-refractivity contribution in [2.75, 3.05) is 5.32 Å². The lowest BCUT2D eigenvalue weighted by Crippen LogP contribution is -2.16. The molecule has 31 heavy (non-hydrogen) atoms. The van der Waals surface area contributed by atoms with Crippen molar-refractivity contribution in [3.63, 3.8) is 0 Å². The molecule has 0 aliphatic heterocycles. The van der Waals surface area contributed by atoms with E-state index in [9.17, 15) is 9.18 Å². The Kier molecular flexibility index (Phi) is 5.79. The quantitative estimate of drug-likeness (QED) is 0.476. The third-order valence-electron chi connectivity index (χ3n) is 4.83. The van der Waals surface area contributed by atoms with Crippen molar-refractivity contribution in [3.8, 4) is 5.75 Å². The first-order valence-electron chi connectivity index (χ1n) is 9.73. The minimum atomic E-state index is -0.459. The molecule has 0 bridgehead atoms. The maximum Gasteiger partial charge on any atom is 0.279 e. The molecule has 2 aromatic carbocycles. The van der Waals surface area contributed by atoms with Gasteiger partial charge in [0.15, 0.2) is 11.5 Å². The Morgan fingerprint density at radius 1 is 1.13 bits per heavy atom. The van der Waals surface area contributed by atoms with Crippen molar-refractivity contribution in [3.05, 3.63) is 94.8 Å². The van der Waals surface area contributed by atoms with Gasteiger partial charge in [0.2, 0.25) is 0 Å². The van der Waals surface area contributed by atoms with Gasteiger partial charge >= 0.3 is 0 Å². The summed E-state index contributed by atoms with van der Waals surface area (Å²) >= 11 is 0. The fraction of sp³-hybridized carbons (Fsp3) is 0.174. The third kappa shape index (κ3) is 4.63. The van der Waals surface area contributed by atoms with Gasteiger partial charge in [0, 0.05) is 17.3 Å². The smallest absolute Gasteiger partial charge is 0.279 e. The van der Waals surface area contributed by atoms with E-state index in [1.165, 1.54) is 6.07 Å². The van der Waals surface area contributed by atoms with Crippen molar-refractivity contribution in [2.45, 2.75) is 27.0 Å². The molecule has 0 radical (unpaired) electrons. The van der Waals surface area contributed by atoms with E-state index in [1.807, 2.05) is 37.3 Å². The predicted molar refractivity (Wildman–Crippen MR) is 112 cm³/mol. The van der Waals surface area contributed by atoms with Gasteiger partial charge in [-0.15, -0.1) is 0 Å². The van der Waals surface area contributed by atoms with Crippen molar-refractivity contribution < 1.29 is 18.4 Å². The van der Waals surface area contributed by atoms with Crippen LogP contribution in [0.4, 0.5) is 10.2 Å². The lowest BCUT2D eigenvalue weighted by Gasteiger charge is -2.07. The summed E-state index contributed by atoms with van der Waals surface area (Å²) in [5.41, 5.74) is 1.99. The number of amides is 1. The number of aromatic nitrogens is 3. The summed E-state index contributed by atoms with van der Waals surface area (Å²) in [4.78, 5) is 12.8. The molecule has 0 saturated carbocycles. The van der Waals surface area contributed by atoms with E-state index in [1.54, 1.807) is 35.9 Å². The number of aryl methyl sites for hydroxylation is 2. The number of ether oxygens (including phenoxy) is 1. The van der Waals surface area contributed by atoms with Crippen LogP contribution in [0.3, 0.4) is 0 Å². The van der Waals surface area contributed by atoms with E-state index in [-0.39, 0.29) is 24.7 Å². The molecule has 2 heterocycles. The number of halogens is 1. The summed E-state index contributed by atoms with van der Waals surface area (Å²) in [7, 11) is 0. The molecule has 0 aliphatic carbocycles. The highest BCUT2D eigenvalue weighted by Gasteiger charge is 2.21. The maximum absolute atomic E-state index is 13.9. The van der Waals surface area contributed by atoms with Crippen LogP contribution in [0.2, 0.25) is 0 Å². The number of carbonyl (C=O) groups excluding carboxylic acids is 1. The first-order chi connectivity index (χ1) is 15.0. The highest BCUT2D eigenvalue weighted by Crippen LogP contribution is 2.19. The summed E-state index contributed by atoms with van der Waals surface area (Å²) in [5, 5.41) is 11.0. The van der Waals surface area contributed by atoms with Gasteiger partial charge < -0.3 is 14.6 Å². The van der Waals surface area contributed by atoms with Crippen LogP contribution in [0.25, 0.3) is 0 Å². The summed E-state index contributed by atoms with van der Waals surface area (Å²) in [6, 6.07) is 17.5. The second-order valence-corrected chi connectivity index (χ2v) is 7.04. The van der Waals surface area contributed by atoms with Gasteiger partial charge in [-0.2, -0.15) is 5.10 Å². The standard InChI is InChI=1S/C23H21FN4O3/c1-15-12-21(26-28(15)13-17-8-6-7-11-20(17)24)25-23(29)22-19(16(2)31-27-22)14-30-18-9-4-3-5-10-18/h3-12H,13-14H2,1-2H3,(H,25,26,29). The van der Waals surface area contributed by atoms with Gasteiger partial charge in [0.05, 0.1) is 12.1 Å². The largest absolute Gasteiger partial charge is 0.489 e. The molecule has 4 rings (SSSR count). The van der Waals surface area contributed by atoms with Crippen molar-refractivity contribution in [1.29, 1.82) is 0 Å². The molecule has 7 nitrogen and oxygen atoms in total. The summed E-state index contributed by atoms with van der Waals surface area (Å²) < 4.78 is 26.5. The molecule has 0 unspecified atom stereocenters. The number of para-hydroxylation sites is 1. The predicted octanol–water partition coefficient (Wildman–Crippen LogP) is 4.51. The molecule has 0 aliphatic rings. The molecule has 2 aromatic heterocycles. The van der Waals surface area contributed by atoms with Gasteiger partial charge in [-0.25, -0.2) is 4.39 Å². The van der Waals surface area contributed by atoms with Crippen LogP contribution in [-0.4, -0.2) is 20.8 Å². The number of benzene rings is 2. The van der Waals surface area contributed by atoms with Crippen molar-refractivity contribution in [2.24, 2.45) is 0 Å². The van der Waals surface area contributed by atoms with E-state index < -0.39 is 5.91 Å². The molecule has 8 heteroatoms. The first kappa shape index (κ1) is 20.3. The molecule has 1 N–H and O–H groups in total. The molecule has 0 atom stereocenters. The van der Waals surface area contributed by atoms with E-state index in [2.05, 4.69) is 15.6 Å². The highest BCUT2D eigenvalue weighted by molar-refractivity contribution is 6.03. The normalized spacial score (nSPS) is 10.8. The lowest BCUT2D eigenvalue weighted by atomic mass is 10.2. The van der Waals surface area contributed by atoms with Gasteiger partial charge in [0.25, 0.3) is 5.91 Å². The second-order valence-electron chi connectivity index (χ2n) is 7.04. The van der Waals surface area contributed by atoms with E-state index in [4.69, 9.17) is 9.26 Å². The summed E-state index contributed by atoms with van der Waals surface area (Å²) in [6.45, 7) is 3.96. The fourth-order valence-corrected chi connectivity index (χ4v) is 3.11. The van der Waals surface area contributed by atoms with Crippen LogP contribution < -0.4 is 10.1 Å². The first-order valence-corrected chi connectivity index (χ1v) is 9.73. The maximum atomic E-state index is 13.9. The Bertz CT molecular complexity index is 1200. The van der Waals surface area contributed by atoms with Crippen LogP contribution in [0.1, 0.15) is 33.1 Å². The molecule has 1 amide bonds. The highest BCUT2D eigenvalue weighted by atomic mass is 19.1. The Balaban J connectivity index is 1.47. The number of nitrogens with zero attached hydrogens (tertiary/aromatic N) is 3. The average molecular weight is 420 g/mol. The molecular weight excluding hydrogens is 399 g/mol. The van der Waals surface area contributed by atoms with Gasteiger partial charge in [0.1, 0.15) is 23.9 Å². The number of anilines is 1. The Morgan fingerprint density at radius 2 is 1.87 bits per heavy atom. The van der Waals surface area contributed by atoms with Gasteiger partial charge in [-0.3, -0.25) is 9.48 Å². The van der Waals surface area contributed by atoms with Crippen LogP contribution in [0, 0.1) is 19.7 Å². The number of hydrogen-bond acceptors (Lipinski definition) is 5. The minimum absolute atomic E-state index is 0.134. The lowest BCUT2D eigenvalue weighted by molar-refractivity contribution is 0.101. The molecule has 4 aromatic rings. The van der Waals surface area contributed by atoms with Crippen molar-refractivity contribution >= 4 is 11.7 Å². The minimum Gasteiger partial charge on any atom is -0.489 e. The number of carbonyl (C=O) groups is 1. The number of rotatable bonds is 7. The summed E-state index contributed by atoms with van der Waals surface area (Å²) in [6.07, 6.45) is 0.